The summed E-state index contributed by atoms with van der Waals surface area (Å²) in [7, 11) is 0. The Balaban J connectivity index is 1.82. The van der Waals surface area contributed by atoms with Crippen LogP contribution < -0.4 is 5.32 Å². The Kier molecular flexibility index (Phi) is 4.80. The van der Waals surface area contributed by atoms with Gasteiger partial charge in [0.05, 0.1) is 17.9 Å². The lowest BCUT2D eigenvalue weighted by Gasteiger charge is -2.28. The lowest BCUT2D eigenvalue weighted by Crippen LogP contribution is -2.41. The summed E-state index contributed by atoms with van der Waals surface area (Å²) in [4.78, 5) is 23.1. The zero-order valence-electron chi connectivity index (χ0n) is 11.2. The maximum absolute atomic E-state index is 12.1. The fraction of sp³-hybridized carbons (Fsp3) is 0.857. The highest BCUT2D eigenvalue weighted by Crippen LogP contribution is 2.32. The van der Waals surface area contributed by atoms with Gasteiger partial charge in [-0.3, -0.25) is 9.59 Å². The van der Waals surface area contributed by atoms with Gasteiger partial charge in [-0.2, -0.15) is 0 Å². The molecule has 19 heavy (non-hydrogen) atoms. The minimum Gasteiger partial charge on any atom is -0.481 e. The summed E-state index contributed by atoms with van der Waals surface area (Å²) in [6.07, 6.45) is 5.63. The van der Waals surface area contributed by atoms with Crippen molar-refractivity contribution in [3.63, 3.8) is 0 Å². The molecule has 0 aromatic rings. The van der Waals surface area contributed by atoms with Gasteiger partial charge in [-0.1, -0.05) is 19.3 Å². The SMILES string of the molecule is O=C(O)[C@H]1CCC[C@H]1C(=O)NCC1CCCCC1O. The quantitative estimate of drug-likeness (QED) is 0.714. The Morgan fingerprint density at radius 1 is 1.00 bits per heavy atom. The lowest BCUT2D eigenvalue weighted by atomic mass is 9.86. The molecular formula is C14H23NO4. The average Bonchev–Trinajstić information content (AvgIpc) is 2.87. The van der Waals surface area contributed by atoms with Crippen LogP contribution in [-0.4, -0.2) is 34.7 Å². The number of aliphatic hydroxyl groups excluding tert-OH is 1. The van der Waals surface area contributed by atoms with Crippen LogP contribution >= 0.6 is 0 Å². The van der Waals surface area contributed by atoms with Crippen LogP contribution in [0.25, 0.3) is 0 Å². The molecule has 108 valence electrons. The predicted octanol–water partition coefficient (Wildman–Crippen LogP) is 1.15. The summed E-state index contributed by atoms with van der Waals surface area (Å²) in [5.74, 6) is -1.81. The predicted molar refractivity (Wildman–Crippen MR) is 69.4 cm³/mol. The van der Waals surface area contributed by atoms with E-state index in [2.05, 4.69) is 5.32 Å². The number of hydrogen-bond donors (Lipinski definition) is 3. The van der Waals surface area contributed by atoms with Crippen molar-refractivity contribution in [1.82, 2.24) is 5.32 Å². The first-order chi connectivity index (χ1) is 9.09. The molecule has 1 amide bonds. The molecule has 4 atom stereocenters. The van der Waals surface area contributed by atoms with E-state index in [1.165, 1.54) is 0 Å². The molecule has 2 rings (SSSR count). The summed E-state index contributed by atoms with van der Waals surface area (Å²) in [6, 6.07) is 0. The Labute approximate surface area is 113 Å². The summed E-state index contributed by atoms with van der Waals surface area (Å²) >= 11 is 0. The third kappa shape index (κ3) is 3.47. The van der Waals surface area contributed by atoms with Crippen LogP contribution in [0, 0.1) is 17.8 Å². The van der Waals surface area contributed by atoms with Gasteiger partial charge < -0.3 is 15.5 Å². The molecule has 2 unspecified atom stereocenters. The Morgan fingerprint density at radius 3 is 2.37 bits per heavy atom. The van der Waals surface area contributed by atoms with Gasteiger partial charge in [0, 0.05) is 12.5 Å². The van der Waals surface area contributed by atoms with E-state index in [9.17, 15) is 14.7 Å². The number of carbonyl (C=O) groups is 2. The normalized spacial score (nSPS) is 35.0. The van der Waals surface area contributed by atoms with E-state index in [0.29, 0.717) is 19.4 Å². The van der Waals surface area contributed by atoms with Crippen LogP contribution in [0.2, 0.25) is 0 Å². The molecule has 3 N–H and O–H groups in total. The Bertz CT molecular complexity index is 344. The molecular weight excluding hydrogens is 246 g/mol. The van der Waals surface area contributed by atoms with Gasteiger partial charge in [-0.15, -0.1) is 0 Å². The number of amides is 1. The highest BCUT2D eigenvalue weighted by molar-refractivity contribution is 5.85. The average molecular weight is 269 g/mol. The fourth-order valence-corrected chi connectivity index (χ4v) is 3.36. The van der Waals surface area contributed by atoms with Gasteiger partial charge in [-0.05, 0) is 25.7 Å². The van der Waals surface area contributed by atoms with Crippen molar-refractivity contribution in [2.24, 2.45) is 17.8 Å². The third-order valence-corrected chi connectivity index (χ3v) is 4.58. The standard InChI is InChI=1S/C14H23NO4/c16-12-7-2-1-4-9(12)8-15-13(17)10-5-3-6-11(10)14(18)19/h9-12,16H,1-8H2,(H,15,17)(H,18,19)/t9?,10-,11+,12?/m1/s1. The largest absolute Gasteiger partial charge is 0.481 e. The molecule has 0 aromatic carbocycles. The first kappa shape index (κ1) is 14.3. The molecule has 0 aliphatic heterocycles. The third-order valence-electron chi connectivity index (χ3n) is 4.58. The molecule has 2 aliphatic carbocycles. The van der Waals surface area contributed by atoms with E-state index >= 15 is 0 Å². The topological polar surface area (TPSA) is 86.6 Å². The van der Waals surface area contributed by atoms with Gasteiger partial charge in [-0.25, -0.2) is 0 Å². The second-order valence-corrected chi connectivity index (χ2v) is 5.84. The molecule has 0 bridgehead atoms. The van der Waals surface area contributed by atoms with Crippen molar-refractivity contribution in [2.75, 3.05) is 6.54 Å². The Hall–Kier alpha value is -1.10. The second-order valence-electron chi connectivity index (χ2n) is 5.84. The van der Waals surface area contributed by atoms with Crippen LogP contribution in [-0.2, 0) is 9.59 Å². The molecule has 2 saturated carbocycles. The number of rotatable bonds is 4. The van der Waals surface area contributed by atoms with Crippen LogP contribution in [0.15, 0.2) is 0 Å². The van der Waals surface area contributed by atoms with E-state index in [1.54, 1.807) is 0 Å². The van der Waals surface area contributed by atoms with Crippen molar-refractivity contribution < 1.29 is 19.8 Å². The van der Waals surface area contributed by atoms with Gasteiger partial charge in [0.25, 0.3) is 0 Å². The molecule has 0 saturated heterocycles. The van der Waals surface area contributed by atoms with Crippen LogP contribution in [0.1, 0.15) is 44.9 Å². The first-order valence-corrected chi connectivity index (χ1v) is 7.28. The number of carboxylic acids is 1. The first-order valence-electron chi connectivity index (χ1n) is 7.28. The minimum absolute atomic E-state index is 0.127. The van der Waals surface area contributed by atoms with E-state index in [1.807, 2.05) is 0 Å². The number of carbonyl (C=O) groups excluding carboxylic acids is 1. The number of hydrogen-bond acceptors (Lipinski definition) is 3. The molecule has 5 heteroatoms. The lowest BCUT2D eigenvalue weighted by molar-refractivity contribution is -0.146. The van der Waals surface area contributed by atoms with Crippen LogP contribution in [0.3, 0.4) is 0 Å². The number of aliphatic carboxylic acids is 1. The van der Waals surface area contributed by atoms with Crippen LogP contribution in [0.4, 0.5) is 0 Å². The van der Waals surface area contributed by atoms with E-state index < -0.39 is 17.8 Å². The van der Waals surface area contributed by atoms with E-state index in [0.717, 1.165) is 32.1 Å². The van der Waals surface area contributed by atoms with E-state index in [-0.39, 0.29) is 17.9 Å². The fourth-order valence-electron chi connectivity index (χ4n) is 3.36. The van der Waals surface area contributed by atoms with Crippen LogP contribution in [0.5, 0.6) is 0 Å². The van der Waals surface area contributed by atoms with Crippen molar-refractivity contribution in [3.8, 4) is 0 Å². The number of carboxylic acid groups (broad SMARTS) is 1. The molecule has 2 fully saturated rings. The van der Waals surface area contributed by atoms with Crippen molar-refractivity contribution in [3.05, 3.63) is 0 Å². The highest BCUT2D eigenvalue weighted by Gasteiger charge is 2.38. The smallest absolute Gasteiger partial charge is 0.307 e. The molecule has 0 radical (unpaired) electrons. The monoisotopic (exact) mass is 269 g/mol. The number of aliphatic hydroxyl groups is 1. The Morgan fingerprint density at radius 2 is 1.68 bits per heavy atom. The molecule has 0 aromatic heterocycles. The maximum atomic E-state index is 12.1. The van der Waals surface area contributed by atoms with Gasteiger partial charge in [0.2, 0.25) is 5.91 Å². The zero-order chi connectivity index (χ0) is 13.8. The highest BCUT2D eigenvalue weighted by atomic mass is 16.4. The van der Waals surface area contributed by atoms with Crippen molar-refractivity contribution in [2.45, 2.75) is 51.0 Å². The van der Waals surface area contributed by atoms with Crippen molar-refractivity contribution >= 4 is 11.9 Å². The summed E-state index contributed by atoms with van der Waals surface area (Å²) < 4.78 is 0. The van der Waals surface area contributed by atoms with Gasteiger partial charge in [0.15, 0.2) is 0 Å². The molecule has 0 spiro atoms. The second kappa shape index (κ2) is 6.37. The summed E-state index contributed by atoms with van der Waals surface area (Å²) in [6.45, 7) is 0.475. The zero-order valence-corrected chi connectivity index (χ0v) is 11.2. The summed E-state index contributed by atoms with van der Waals surface area (Å²) in [5.41, 5.74) is 0. The summed E-state index contributed by atoms with van der Waals surface area (Å²) in [5, 5.41) is 21.8. The van der Waals surface area contributed by atoms with Gasteiger partial charge >= 0.3 is 5.97 Å². The number of nitrogens with one attached hydrogen (secondary N) is 1. The van der Waals surface area contributed by atoms with E-state index in [4.69, 9.17) is 5.11 Å². The molecule has 2 aliphatic rings. The molecule has 0 heterocycles. The maximum Gasteiger partial charge on any atom is 0.307 e. The minimum atomic E-state index is -0.865. The van der Waals surface area contributed by atoms with Gasteiger partial charge in [0.1, 0.15) is 0 Å². The van der Waals surface area contributed by atoms with Crippen molar-refractivity contribution in [1.29, 1.82) is 0 Å². The molecule has 5 nitrogen and oxygen atoms in total.